The highest BCUT2D eigenvalue weighted by atomic mass is 32.1. The van der Waals surface area contributed by atoms with Gasteiger partial charge in [-0.25, -0.2) is 0 Å². The van der Waals surface area contributed by atoms with E-state index < -0.39 is 5.60 Å². The predicted molar refractivity (Wildman–Crippen MR) is 66.4 cm³/mol. The summed E-state index contributed by atoms with van der Waals surface area (Å²) in [6.07, 6.45) is 0.812. The molecule has 1 rings (SSSR count). The van der Waals surface area contributed by atoms with Gasteiger partial charge in [-0.1, -0.05) is 19.9 Å². The molecule has 0 saturated carbocycles. The van der Waals surface area contributed by atoms with Crippen molar-refractivity contribution >= 4 is 17.2 Å². The molecule has 16 heavy (non-hydrogen) atoms. The molecular formula is C12H19NO2S. The number of rotatable bonds is 5. The van der Waals surface area contributed by atoms with Gasteiger partial charge >= 0.3 is 0 Å². The second-order valence-electron chi connectivity index (χ2n) is 4.28. The Hall–Kier alpha value is -0.870. The van der Waals surface area contributed by atoms with Crippen LogP contribution < -0.4 is 5.32 Å². The molecule has 0 spiro atoms. The molecule has 1 aromatic heterocycles. The standard InChI is InChI=1S/C12H19NO2S/c1-4-9(2)11(14)13-8-12(3,15)10-6-5-7-16-10/h5-7,9,15H,4,8H2,1-3H3,(H,13,14). The average molecular weight is 241 g/mol. The van der Waals surface area contributed by atoms with E-state index in [1.165, 1.54) is 11.3 Å². The third-order valence-corrected chi connectivity index (χ3v) is 3.84. The lowest BCUT2D eigenvalue weighted by atomic mass is 10.0. The Morgan fingerprint density at radius 1 is 1.69 bits per heavy atom. The molecule has 1 aromatic rings. The lowest BCUT2D eigenvalue weighted by Crippen LogP contribution is -2.40. The van der Waals surface area contributed by atoms with Crippen molar-refractivity contribution in [3.8, 4) is 0 Å². The van der Waals surface area contributed by atoms with Crippen LogP contribution in [0.2, 0.25) is 0 Å². The normalized spacial score (nSPS) is 16.5. The summed E-state index contributed by atoms with van der Waals surface area (Å²) in [5.74, 6) is -0.00142. The van der Waals surface area contributed by atoms with Gasteiger partial charge in [0.25, 0.3) is 0 Å². The maximum absolute atomic E-state index is 11.6. The summed E-state index contributed by atoms with van der Waals surface area (Å²) in [6, 6.07) is 3.77. The minimum Gasteiger partial charge on any atom is -0.383 e. The predicted octanol–water partition coefficient (Wildman–Crippen LogP) is 2.12. The van der Waals surface area contributed by atoms with Gasteiger partial charge in [-0.15, -0.1) is 11.3 Å². The van der Waals surface area contributed by atoms with Crippen LogP contribution in [-0.2, 0) is 10.4 Å². The van der Waals surface area contributed by atoms with Gasteiger partial charge in [0, 0.05) is 10.8 Å². The van der Waals surface area contributed by atoms with E-state index in [4.69, 9.17) is 0 Å². The monoisotopic (exact) mass is 241 g/mol. The van der Waals surface area contributed by atoms with Gasteiger partial charge in [0.15, 0.2) is 0 Å². The first-order chi connectivity index (χ1) is 7.47. The molecule has 0 bridgehead atoms. The van der Waals surface area contributed by atoms with Crippen molar-refractivity contribution < 1.29 is 9.90 Å². The summed E-state index contributed by atoms with van der Waals surface area (Å²) in [6.45, 7) is 5.84. The van der Waals surface area contributed by atoms with Crippen LogP contribution in [0.15, 0.2) is 17.5 Å². The average Bonchev–Trinajstić information content (AvgIpc) is 2.78. The zero-order valence-electron chi connectivity index (χ0n) is 9.99. The Morgan fingerprint density at radius 2 is 2.38 bits per heavy atom. The number of aliphatic hydroxyl groups is 1. The molecule has 90 valence electrons. The molecular weight excluding hydrogens is 222 g/mol. The lowest BCUT2D eigenvalue weighted by Gasteiger charge is -2.23. The van der Waals surface area contributed by atoms with Crippen LogP contribution in [-0.4, -0.2) is 17.6 Å². The van der Waals surface area contributed by atoms with Crippen molar-refractivity contribution in [3.05, 3.63) is 22.4 Å². The minimum absolute atomic E-state index is 0.000619. The first kappa shape index (κ1) is 13.2. The molecule has 3 nitrogen and oxygen atoms in total. The molecule has 0 aromatic carbocycles. The van der Waals surface area contributed by atoms with Crippen molar-refractivity contribution in [1.82, 2.24) is 5.32 Å². The maximum Gasteiger partial charge on any atom is 0.222 e. The Morgan fingerprint density at radius 3 is 2.88 bits per heavy atom. The van der Waals surface area contributed by atoms with Crippen molar-refractivity contribution in [2.75, 3.05) is 6.54 Å². The molecule has 1 amide bonds. The number of thiophene rings is 1. The van der Waals surface area contributed by atoms with E-state index in [9.17, 15) is 9.90 Å². The van der Waals surface area contributed by atoms with Gasteiger partial charge in [0.05, 0.1) is 6.54 Å². The van der Waals surface area contributed by atoms with Crippen molar-refractivity contribution in [2.45, 2.75) is 32.8 Å². The molecule has 4 heteroatoms. The highest BCUT2D eigenvalue weighted by molar-refractivity contribution is 7.10. The van der Waals surface area contributed by atoms with Crippen LogP contribution in [0.1, 0.15) is 32.1 Å². The Balaban J connectivity index is 2.52. The van der Waals surface area contributed by atoms with Gasteiger partial charge in [0.1, 0.15) is 5.60 Å². The van der Waals surface area contributed by atoms with E-state index >= 15 is 0 Å². The lowest BCUT2D eigenvalue weighted by molar-refractivity contribution is -0.125. The Kier molecular flexibility index (Phi) is 4.50. The van der Waals surface area contributed by atoms with E-state index in [1.807, 2.05) is 31.4 Å². The summed E-state index contributed by atoms with van der Waals surface area (Å²) in [5.41, 5.74) is -0.975. The Labute approximate surface area is 100 Å². The fourth-order valence-corrected chi connectivity index (χ4v) is 2.08. The summed E-state index contributed by atoms with van der Waals surface area (Å²) < 4.78 is 0. The summed E-state index contributed by atoms with van der Waals surface area (Å²) in [5, 5.41) is 14.9. The number of carbonyl (C=O) groups is 1. The van der Waals surface area contributed by atoms with E-state index in [1.54, 1.807) is 6.92 Å². The third kappa shape index (κ3) is 3.32. The molecule has 0 saturated heterocycles. The first-order valence-corrected chi connectivity index (χ1v) is 6.39. The fraction of sp³-hybridized carbons (Fsp3) is 0.583. The number of amides is 1. The second kappa shape index (κ2) is 5.46. The molecule has 2 atom stereocenters. The minimum atomic E-state index is -0.975. The smallest absolute Gasteiger partial charge is 0.222 e. The van der Waals surface area contributed by atoms with Crippen LogP contribution >= 0.6 is 11.3 Å². The zero-order chi connectivity index (χ0) is 12.2. The van der Waals surface area contributed by atoms with Gasteiger partial charge in [-0.05, 0) is 24.8 Å². The van der Waals surface area contributed by atoms with Crippen LogP contribution in [0, 0.1) is 5.92 Å². The largest absolute Gasteiger partial charge is 0.383 e. The molecule has 0 aliphatic heterocycles. The van der Waals surface area contributed by atoms with Crippen LogP contribution in [0.4, 0.5) is 0 Å². The molecule has 2 unspecified atom stereocenters. The summed E-state index contributed by atoms with van der Waals surface area (Å²) >= 11 is 1.49. The van der Waals surface area contributed by atoms with Gasteiger partial charge in [0.2, 0.25) is 5.91 Å². The third-order valence-electron chi connectivity index (χ3n) is 2.72. The molecule has 0 fully saturated rings. The molecule has 1 heterocycles. The quantitative estimate of drug-likeness (QED) is 0.829. The molecule has 0 aliphatic rings. The van der Waals surface area contributed by atoms with Crippen molar-refractivity contribution in [2.24, 2.45) is 5.92 Å². The van der Waals surface area contributed by atoms with Crippen molar-refractivity contribution in [3.63, 3.8) is 0 Å². The van der Waals surface area contributed by atoms with Gasteiger partial charge in [-0.2, -0.15) is 0 Å². The maximum atomic E-state index is 11.6. The fourth-order valence-electron chi connectivity index (χ4n) is 1.29. The van der Waals surface area contributed by atoms with Gasteiger partial charge < -0.3 is 10.4 Å². The van der Waals surface area contributed by atoms with Gasteiger partial charge in [-0.3, -0.25) is 4.79 Å². The number of hydrogen-bond donors (Lipinski definition) is 2. The SMILES string of the molecule is CCC(C)C(=O)NCC(C)(O)c1cccs1. The highest BCUT2D eigenvalue weighted by Crippen LogP contribution is 2.24. The molecule has 2 N–H and O–H groups in total. The number of hydrogen-bond acceptors (Lipinski definition) is 3. The topological polar surface area (TPSA) is 49.3 Å². The van der Waals surface area contributed by atoms with Crippen LogP contribution in [0.25, 0.3) is 0 Å². The Bertz CT molecular complexity index is 333. The van der Waals surface area contributed by atoms with Crippen molar-refractivity contribution in [1.29, 1.82) is 0 Å². The van der Waals surface area contributed by atoms with E-state index in [-0.39, 0.29) is 18.4 Å². The van der Waals surface area contributed by atoms with E-state index in [0.717, 1.165) is 11.3 Å². The summed E-state index contributed by atoms with van der Waals surface area (Å²) in [4.78, 5) is 12.4. The molecule has 0 radical (unpaired) electrons. The zero-order valence-corrected chi connectivity index (χ0v) is 10.8. The number of nitrogens with one attached hydrogen (secondary N) is 1. The number of carbonyl (C=O) groups excluding carboxylic acids is 1. The highest BCUT2D eigenvalue weighted by Gasteiger charge is 2.25. The van der Waals surface area contributed by atoms with Crippen LogP contribution in [0.3, 0.4) is 0 Å². The van der Waals surface area contributed by atoms with E-state index in [0.29, 0.717) is 0 Å². The first-order valence-electron chi connectivity index (χ1n) is 5.51. The second-order valence-corrected chi connectivity index (χ2v) is 5.23. The molecule has 0 aliphatic carbocycles. The summed E-state index contributed by atoms with van der Waals surface area (Å²) in [7, 11) is 0. The van der Waals surface area contributed by atoms with Crippen LogP contribution in [0.5, 0.6) is 0 Å². The van der Waals surface area contributed by atoms with E-state index in [2.05, 4.69) is 5.32 Å².